The largest absolute Gasteiger partial charge is 0.155 e. The van der Waals surface area contributed by atoms with Gasteiger partial charge in [0.15, 0.2) is 0 Å². The molecule has 1 aliphatic carbocycles. The van der Waals surface area contributed by atoms with Crippen LogP contribution in [0.4, 0.5) is 0 Å². The Balaban J connectivity index is 1.65. The number of unbranched alkanes of at least 4 members (excludes halogenated alkanes) is 7. The fourth-order valence-corrected chi connectivity index (χ4v) is 4.24. The second-order valence-electron chi connectivity index (χ2n) is 8.18. The summed E-state index contributed by atoms with van der Waals surface area (Å²) in [7, 11) is 0. The molecule has 0 bridgehead atoms. The molecule has 0 N–H and O–H groups in total. The van der Waals surface area contributed by atoms with Crippen LogP contribution in [0, 0.1) is 5.92 Å². The first-order chi connectivity index (χ1) is 12.3. The summed E-state index contributed by atoms with van der Waals surface area (Å²) in [4.78, 5) is 0. The molecule has 2 heteroatoms. The number of hydrogen-bond acceptors (Lipinski definition) is 2. The molecule has 2 nitrogen and oxygen atoms in total. The predicted molar refractivity (Wildman–Crippen MR) is 108 cm³/mol. The number of rotatable bonds is 12. The maximum absolute atomic E-state index is 4.58. The summed E-state index contributed by atoms with van der Waals surface area (Å²) in [6.07, 6.45) is 20.3. The minimum atomic E-state index is 0.665. The van der Waals surface area contributed by atoms with Gasteiger partial charge in [0.25, 0.3) is 0 Å². The molecule has 1 aromatic heterocycles. The lowest BCUT2D eigenvalue weighted by molar-refractivity contribution is 0.299. The SMILES string of the molecule is CCCCCCCCc1ccc([C@H]2CC[C@H](CCCCC)CC2)nn1. The van der Waals surface area contributed by atoms with Gasteiger partial charge in [0.05, 0.1) is 11.4 Å². The van der Waals surface area contributed by atoms with E-state index in [2.05, 4.69) is 36.2 Å². The molecule has 0 saturated heterocycles. The minimum absolute atomic E-state index is 0.665. The molecule has 2 rings (SSSR count). The van der Waals surface area contributed by atoms with Gasteiger partial charge in [-0.15, -0.1) is 0 Å². The normalized spacial score (nSPS) is 20.7. The lowest BCUT2D eigenvalue weighted by Crippen LogP contribution is -2.15. The number of aryl methyl sites for hydroxylation is 1. The zero-order valence-electron chi connectivity index (χ0n) is 16.8. The zero-order chi connectivity index (χ0) is 17.7. The quantitative estimate of drug-likeness (QED) is 0.374. The van der Waals surface area contributed by atoms with Gasteiger partial charge >= 0.3 is 0 Å². The smallest absolute Gasteiger partial charge is 0.0662 e. The Labute approximate surface area is 156 Å². The number of hydrogen-bond donors (Lipinski definition) is 0. The van der Waals surface area contributed by atoms with E-state index >= 15 is 0 Å². The Morgan fingerprint density at radius 1 is 0.760 bits per heavy atom. The lowest BCUT2D eigenvalue weighted by Gasteiger charge is -2.28. The van der Waals surface area contributed by atoms with Crippen molar-refractivity contribution in [3.05, 3.63) is 23.5 Å². The third-order valence-corrected chi connectivity index (χ3v) is 6.01. The van der Waals surface area contributed by atoms with E-state index in [0.717, 1.165) is 12.3 Å². The summed E-state index contributed by atoms with van der Waals surface area (Å²) < 4.78 is 0. The van der Waals surface area contributed by atoms with Crippen LogP contribution < -0.4 is 0 Å². The third kappa shape index (κ3) is 7.88. The van der Waals surface area contributed by atoms with Crippen molar-refractivity contribution in [1.29, 1.82) is 0 Å². The molecular formula is C23H40N2. The molecule has 0 atom stereocenters. The molecule has 0 radical (unpaired) electrons. The maximum atomic E-state index is 4.58. The number of nitrogens with zero attached hydrogens (tertiary/aromatic N) is 2. The van der Waals surface area contributed by atoms with E-state index in [1.54, 1.807) is 0 Å². The number of aromatic nitrogens is 2. The first-order valence-corrected chi connectivity index (χ1v) is 11.2. The molecule has 1 fully saturated rings. The average molecular weight is 345 g/mol. The van der Waals surface area contributed by atoms with Crippen LogP contribution in [0.5, 0.6) is 0 Å². The van der Waals surface area contributed by atoms with Crippen molar-refractivity contribution in [3.8, 4) is 0 Å². The molecule has 0 aromatic carbocycles. The van der Waals surface area contributed by atoms with Gasteiger partial charge in [-0.25, -0.2) is 0 Å². The van der Waals surface area contributed by atoms with Gasteiger partial charge in [0, 0.05) is 5.92 Å². The summed E-state index contributed by atoms with van der Waals surface area (Å²) in [6, 6.07) is 4.50. The fraction of sp³-hybridized carbons (Fsp3) is 0.826. The van der Waals surface area contributed by atoms with E-state index in [9.17, 15) is 0 Å². The molecule has 25 heavy (non-hydrogen) atoms. The first kappa shape index (κ1) is 20.4. The van der Waals surface area contributed by atoms with Crippen LogP contribution in [-0.4, -0.2) is 10.2 Å². The third-order valence-electron chi connectivity index (χ3n) is 6.01. The van der Waals surface area contributed by atoms with Crippen molar-refractivity contribution in [1.82, 2.24) is 10.2 Å². The van der Waals surface area contributed by atoms with Crippen LogP contribution in [-0.2, 0) is 6.42 Å². The van der Waals surface area contributed by atoms with Crippen molar-refractivity contribution < 1.29 is 0 Å². The highest BCUT2D eigenvalue weighted by Gasteiger charge is 2.23. The molecule has 142 valence electrons. The van der Waals surface area contributed by atoms with E-state index in [1.165, 1.54) is 101 Å². The molecule has 1 saturated carbocycles. The minimum Gasteiger partial charge on any atom is -0.155 e. The van der Waals surface area contributed by atoms with Gasteiger partial charge in [-0.2, -0.15) is 10.2 Å². The standard InChI is InChI=1S/C23H40N2/c1-3-5-7-8-9-11-13-22-18-19-23(25-24-22)21-16-14-20(15-17-21)12-10-6-4-2/h18-21H,3-17H2,1-2H3/t20-,21-. The molecule has 1 aromatic rings. The summed E-state index contributed by atoms with van der Waals surface area (Å²) in [6.45, 7) is 4.57. The highest BCUT2D eigenvalue weighted by molar-refractivity contribution is 5.12. The van der Waals surface area contributed by atoms with E-state index < -0.39 is 0 Å². The summed E-state index contributed by atoms with van der Waals surface area (Å²) >= 11 is 0. The van der Waals surface area contributed by atoms with E-state index in [4.69, 9.17) is 0 Å². The monoisotopic (exact) mass is 344 g/mol. The van der Waals surface area contributed by atoms with E-state index in [-0.39, 0.29) is 0 Å². The van der Waals surface area contributed by atoms with Crippen molar-refractivity contribution >= 4 is 0 Å². The van der Waals surface area contributed by atoms with Crippen molar-refractivity contribution in [2.45, 2.75) is 116 Å². The summed E-state index contributed by atoms with van der Waals surface area (Å²) in [5, 5.41) is 9.10. The molecule has 0 aliphatic heterocycles. The van der Waals surface area contributed by atoms with Crippen LogP contribution in [0.15, 0.2) is 12.1 Å². The van der Waals surface area contributed by atoms with Gasteiger partial charge in [0.1, 0.15) is 0 Å². The Kier molecular flexibility index (Phi) is 10.1. The molecule has 0 spiro atoms. The lowest BCUT2D eigenvalue weighted by atomic mass is 9.78. The molecule has 0 unspecified atom stereocenters. The van der Waals surface area contributed by atoms with Gasteiger partial charge in [-0.3, -0.25) is 0 Å². The average Bonchev–Trinajstić information content (AvgIpc) is 2.66. The second kappa shape index (κ2) is 12.4. The Bertz CT molecular complexity index is 432. The van der Waals surface area contributed by atoms with Crippen molar-refractivity contribution in [2.24, 2.45) is 5.92 Å². The molecule has 1 heterocycles. The van der Waals surface area contributed by atoms with Crippen molar-refractivity contribution in [2.75, 3.05) is 0 Å². The zero-order valence-corrected chi connectivity index (χ0v) is 16.8. The van der Waals surface area contributed by atoms with Crippen LogP contribution >= 0.6 is 0 Å². The van der Waals surface area contributed by atoms with Gasteiger partial charge in [-0.1, -0.05) is 71.6 Å². The Hall–Kier alpha value is -0.920. The van der Waals surface area contributed by atoms with E-state index in [0.29, 0.717) is 5.92 Å². The topological polar surface area (TPSA) is 25.8 Å². The van der Waals surface area contributed by atoms with Crippen LogP contribution in [0.1, 0.15) is 121 Å². The molecule has 0 amide bonds. The predicted octanol–water partition coefficient (Wildman–Crippen LogP) is 7.23. The summed E-state index contributed by atoms with van der Waals surface area (Å²) in [5.41, 5.74) is 2.44. The van der Waals surface area contributed by atoms with E-state index in [1.807, 2.05) is 0 Å². The highest BCUT2D eigenvalue weighted by atomic mass is 15.1. The Morgan fingerprint density at radius 2 is 1.44 bits per heavy atom. The maximum Gasteiger partial charge on any atom is 0.0662 e. The molecular weight excluding hydrogens is 304 g/mol. The van der Waals surface area contributed by atoms with Gasteiger partial charge < -0.3 is 0 Å². The highest BCUT2D eigenvalue weighted by Crippen LogP contribution is 2.36. The van der Waals surface area contributed by atoms with Crippen molar-refractivity contribution in [3.63, 3.8) is 0 Å². The van der Waals surface area contributed by atoms with Crippen LogP contribution in [0.2, 0.25) is 0 Å². The van der Waals surface area contributed by atoms with Crippen LogP contribution in [0.25, 0.3) is 0 Å². The Morgan fingerprint density at radius 3 is 2.12 bits per heavy atom. The van der Waals surface area contributed by atoms with Gasteiger partial charge in [-0.05, 0) is 56.6 Å². The van der Waals surface area contributed by atoms with Crippen LogP contribution in [0.3, 0.4) is 0 Å². The summed E-state index contributed by atoms with van der Waals surface area (Å²) in [5.74, 6) is 1.64. The first-order valence-electron chi connectivity index (χ1n) is 11.2. The van der Waals surface area contributed by atoms with Gasteiger partial charge in [0.2, 0.25) is 0 Å². The molecule has 1 aliphatic rings. The fourth-order valence-electron chi connectivity index (χ4n) is 4.24. The second-order valence-corrected chi connectivity index (χ2v) is 8.18.